The molecule has 4 heteroatoms. The maximum absolute atomic E-state index is 12.1. The summed E-state index contributed by atoms with van der Waals surface area (Å²) in [5, 5.41) is 3.18. The molecule has 1 saturated heterocycles. The number of rotatable bonds is 5. The molecular weight excluding hydrogens is 192 g/mol. The number of hydrogen-bond acceptors (Lipinski definition) is 4. The summed E-state index contributed by atoms with van der Waals surface area (Å²) < 4.78 is 5.46. The molecule has 1 aliphatic heterocycles. The van der Waals surface area contributed by atoms with Crippen molar-refractivity contribution in [3.63, 3.8) is 0 Å². The van der Waals surface area contributed by atoms with Gasteiger partial charge in [-0.05, 0) is 20.0 Å². The predicted octanol–water partition coefficient (Wildman–Crippen LogP) is 0.274. The van der Waals surface area contributed by atoms with Crippen LogP contribution in [0.25, 0.3) is 0 Å². The third-order valence-electron chi connectivity index (χ3n) is 3.02. The summed E-state index contributed by atoms with van der Waals surface area (Å²) in [7, 11) is 0. The number of carbonyl (C=O) groups excluding carboxylic acids is 1. The second kappa shape index (κ2) is 6.20. The summed E-state index contributed by atoms with van der Waals surface area (Å²) in [5.74, 6) is 0.200. The predicted molar refractivity (Wildman–Crippen MR) is 60.0 cm³/mol. The molecule has 1 fully saturated rings. The first kappa shape index (κ1) is 12.6. The number of ether oxygens (including phenoxy) is 1. The molecule has 0 amide bonds. The highest BCUT2D eigenvalue weighted by molar-refractivity contribution is 5.88. The summed E-state index contributed by atoms with van der Waals surface area (Å²) in [6.45, 7) is 10.1. The molecule has 0 aromatic rings. The van der Waals surface area contributed by atoms with Crippen molar-refractivity contribution in [1.82, 2.24) is 10.2 Å². The lowest BCUT2D eigenvalue weighted by atomic mass is 10.1. The molecule has 1 rings (SSSR count). The van der Waals surface area contributed by atoms with E-state index in [0.29, 0.717) is 13.2 Å². The van der Waals surface area contributed by atoms with Gasteiger partial charge in [-0.3, -0.25) is 9.69 Å². The lowest BCUT2D eigenvalue weighted by molar-refractivity contribution is -0.136. The van der Waals surface area contributed by atoms with Crippen LogP contribution in [0.2, 0.25) is 0 Å². The fourth-order valence-electron chi connectivity index (χ4n) is 1.97. The van der Waals surface area contributed by atoms with Crippen LogP contribution in [0.3, 0.4) is 0 Å². The normalized spacial score (nSPS) is 24.1. The highest BCUT2D eigenvalue weighted by atomic mass is 16.5. The van der Waals surface area contributed by atoms with Gasteiger partial charge in [-0.25, -0.2) is 0 Å². The molecule has 1 aliphatic rings. The van der Waals surface area contributed by atoms with Gasteiger partial charge in [-0.1, -0.05) is 13.8 Å². The van der Waals surface area contributed by atoms with Crippen molar-refractivity contribution in [2.75, 3.05) is 32.8 Å². The second-order valence-corrected chi connectivity index (χ2v) is 3.86. The van der Waals surface area contributed by atoms with E-state index in [2.05, 4.69) is 24.1 Å². The van der Waals surface area contributed by atoms with E-state index in [1.165, 1.54) is 0 Å². The second-order valence-electron chi connectivity index (χ2n) is 3.86. The SMILES string of the molecule is CCN(CC)C(C)C(=O)C1CNCCO1. The molecule has 0 aromatic carbocycles. The van der Waals surface area contributed by atoms with E-state index in [1.807, 2.05) is 6.92 Å². The molecule has 1 heterocycles. The Bertz CT molecular complexity index is 199. The fourth-order valence-corrected chi connectivity index (χ4v) is 1.97. The molecule has 0 aliphatic carbocycles. The number of morpholine rings is 1. The van der Waals surface area contributed by atoms with Crippen molar-refractivity contribution < 1.29 is 9.53 Å². The number of nitrogens with zero attached hydrogens (tertiary/aromatic N) is 1. The summed E-state index contributed by atoms with van der Waals surface area (Å²) in [4.78, 5) is 14.2. The Hall–Kier alpha value is -0.450. The summed E-state index contributed by atoms with van der Waals surface area (Å²) in [6.07, 6.45) is -0.255. The van der Waals surface area contributed by atoms with Gasteiger partial charge in [0.2, 0.25) is 0 Å². The fraction of sp³-hybridized carbons (Fsp3) is 0.909. The van der Waals surface area contributed by atoms with E-state index in [0.717, 1.165) is 19.6 Å². The first-order valence-electron chi connectivity index (χ1n) is 5.80. The van der Waals surface area contributed by atoms with Gasteiger partial charge in [0.05, 0.1) is 12.6 Å². The van der Waals surface area contributed by atoms with Gasteiger partial charge in [-0.15, -0.1) is 0 Å². The van der Waals surface area contributed by atoms with Crippen LogP contribution < -0.4 is 5.32 Å². The molecular formula is C11H22N2O2. The Labute approximate surface area is 92.0 Å². The quantitative estimate of drug-likeness (QED) is 0.713. The largest absolute Gasteiger partial charge is 0.368 e. The van der Waals surface area contributed by atoms with Gasteiger partial charge in [-0.2, -0.15) is 0 Å². The molecule has 0 spiro atoms. The van der Waals surface area contributed by atoms with Crippen molar-refractivity contribution >= 4 is 5.78 Å². The van der Waals surface area contributed by atoms with Crippen molar-refractivity contribution in [2.24, 2.45) is 0 Å². The van der Waals surface area contributed by atoms with Gasteiger partial charge in [0, 0.05) is 13.1 Å². The molecule has 1 N–H and O–H groups in total. The van der Waals surface area contributed by atoms with Crippen LogP contribution in [0, 0.1) is 0 Å². The van der Waals surface area contributed by atoms with Crippen LogP contribution in [-0.4, -0.2) is 55.6 Å². The first-order chi connectivity index (χ1) is 7.20. The monoisotopic (exact) mass is 214 g/mol. The minimum Gasteiger partial charge on any atom is -0.368 e. The van der Waals surface area contributed by atoms with Gasteiger partial charge < -0.3 is 10.1 Å². The number of Topliss-reactive ketones (excluding diaryl/α,β-unsaturated/α-hetero) is 1. The smallest absolute Gasteiger partial charge is 0.179 e. The molecule has 2 unspecified atom stereocenters. The minimum absolute atomic E-state index is 0.0371. The van der Waals surface area contributed by atoms with E-state index < -0.39 is 0 Å². The standard InChI is InChI=1S/C11H22N2O2/c1-4-13(5-2)9(3)11(14)10-8-12-6-7-15-10/h9-10,12H,4-8H2,1-3H3. The van der Waals surface area contributed by atoms with E-state index in [1.54, 1.807) is 0 Å². The molecule has 0 saturated carbocycles. The number of carbonyl (C=O) groups is 1. The zero-order valence-electron chi connectivity index (χ0n) is 9.95. The average molecular weight is 214 g/mol. The summed E-state index contributed by atoms with van der Waals surface area (Å²) in [5.41, 5.74) is 0. The number of nitrogens with one attached hydrogen (secondary N) is 1. The van der Waals surface area contributed by atoms with Crippen LogP contribution in [0.5, 0.6) is 0 Å². The maximum atomic E-state index is 12.1. The molecule has 0 radical (unpaired) electrons. The Balaban J connectivity index is 2.49. The minimum atomic E-state index is -0.255. The van der Waals surface area contributed by atoms with Gasteiger partial charge in [0.15, 0.2) is 5.78 Å². The average Bonchev–Trinajstić information content (AvgIpc) is 2.30. The van der Waals surface area contributed by atoms with Crippen LogP contribution in [0.1, 0.15) is 20.8 Å². The van der Waals surface area contributed by atoms with E-state index >= 15 is 0 Å². The Morgan fingerprint density at radius 1 is 1.53 bits per heavy atom. The Morgan fingerprint density at radius 2 is 2.20 bits per heavy atom. The van der Waals surface area contributed by atoms with Gasteiger partial charge in [0.1, 0.15) is 6.10 Å². The molecule has 0 aromatic heterocycles. The van der Waals surface area contributed by atoms with Crippen LogP contribution in [0.4, 0.5) is 0 Å². The van der Waals surface area contributed by atoms with Crippen molar-refractivity contribution in [1.29, 1.82) is 0 Å². The summed E-state index contributed by atoms with van der Waals surface area (Å²) in [6, 6.07) is -0.0371. The highest BCUT2D eigenvalue weighted by Gasteiger charge is 2.28. The van der Waals surface area contributed by atoms with Gasteiger partial charge >= 0.3 is 0 Å². The van der Waals surface area contributed by atoms with E-state index in [9.17, 15) is 4.79 Å². The van der Waals surface area contributed by atoms with Crippen LogP contribution in [0.15, 0.2) is 0 Å². The van der Waals surface area contributed by atoms with E-state index in [-0.39, 0.29) is 17.9 Å². The zero-order chi connectivity index (χ0) is 11.3. The molecule has 0 bridgehead atoms. The van der Waals surface area contributed by atoms with Crippen molar-refractivity contribution in [3.05, 3.63) is 0 Å². The number of hydrogen-bond donors (Lipinski definition) is 1. The zero-order valence-corrected chi connectivity index (χ0v) is 9.95. The van der Waals surface area contributed by atoms with Crippen LogP contribution in [-0.2, 0) is 9.53 Å². The first-order valence-corrected chi connectivity index (χ1v) is 5.80. The van der Waals surface area contributed by atoms with Gasteiger partial charge in [0.25, 0.3) is 0 Å². The van der Waals surface area contributed by atoms with Crippen LogP contribution >= 0.6 is 0 Å². The maximum Gasteiger partial charge on any atom is 0.179 e. The van der Waals surface area contributed by atoms with Crippen molar-refractivity contribution in [2.45, 2.75) is 32.9 Å². The summed E-state index contributed by atoms with van der Waals surface area (Å²) >= 11 is 0. The number of likely N-dealkylation sites (N-methyl/N-ethyl adjacent to an activating group) is 1. The van der Waals surface area contributed by atoms with E-state index in [4.69, 9.17) is 4.74 Å². The Morgan fingerprint density at radius 3 is 2.67 bits per heavy atom. The lowest BCUT2D eigenvalue weighted by Gasteiger charge is -2.30. The molecule has 88 valence electrons. The van der Waals surface area contributed by atoms with Crippen molar-refractivity contribution in [3.8, 4) is 0 Å². The number of ketones is 1. The third kappa shape index (κ3) is 3.26. The molecule has 15 heavy (non-hydrogen) atoms. The third-order valence-corrected chi connectivity index (χ3v) is 3.02. The molecule has 4 nitrogen and oxygen atoms in total. The lowest BCUT2D eigenvalue weighted by Crippen LogP contribution is -2.50. The topological polar surface area (TPSA) is 41.6 Å². The highest BCUT2D eigenvalue weighted by Crippen LogP contribution is 2.07. The molecule has 2 atom stereocenters. The Kier molecular flexibility index (Phi) is 5.22.